The van der Waals surface area contributed by atoms with Crippen LogP contribution in [0.3, 0.4) is 0 Å². The van der Waals surface area contributed by atoms with Crippen molar-refractivity contribution in [2.75, 3.05) is 18.1 Å². The molecule has 0 unspecified atom stereocenters. The van der Waals surface area contributed by atoms with Crippen LogP contribution in [-0.4, -0.2) is 45.2 Å². The Morgan fingerprint density at radius 3 is 2.37 bits per heavy atom. The molecule has 1 amide bonds. The number of esters is 1. The van der Waals surface area contributed by atoms with Crippen LogP contribution in [0.1, 0.15) is 6.92 Å². The first-order chi connectivity index (χ1) is 13.2. The van der Waals surface area contributed by atoms with Crippen molar-refractivity contribution in [3.05, 3.63) is 60.7 Å². The fourth-order valence-corrected chi connectivity index (χ4v) is 2.49. The number of tetrazole rings is 1. The lowest BCUT2D eigenvalue weighted by Crippen LogP contribution is -2.39. The van der Waals surface area contributed by atoms with Crippen molar-refractivity contribution in [2.45, 2.75) is 13.5 Å². The first-order valence-electron chi connectivity index (χ1n) is 8.51. The molecule has 3 aromatic rings. The highest BCUT2D eigenvalue weighted by molar-refractivity contribution is 5.97. The van der Waals surface area contributed by atoms with Crippen LogP contribution in [0.15, 0.2) is 60.7 Å². The van der Waals surface area contributed by atoms with Crippen LogP contribution < -0.4 is 4.90 Å². The third kappa shape index (κ3) is 4.75. The molecule has 0 aliphatic heterocycles. The van der Waals surface area contributed by atoms with Gasteiger partial charge in [0.1, 0.15) is 13.1 Å². The number of amides is 1. The van der Waals surface area contributed by atoms with Gasteiger partial charge in [-0.3, -0.25) is 14.5 Å². The van der Waals surface area contributed by atoms with Crippen molar-refractivity contribution in [1.82, 2.24) is 20.2 Å². The second kappa shape index (κ2) is 8.70. The molecule has 0 saturated heterocycles. The molecule has 0 fully saturated rings. The van der Waals surface area contributed by atoms with Gasteiger partial charge in [0.2, 0.25) is 5.82 Å². The lowest BCUT2D eigenvalue weighted by Gasteiger charge is -2.21. The van der Waals surface area contributed by atoms with Gasteiger partial charge < -0.3 is 4.74 Å². The van der Waals surface area contributed by atoms with Gasteiger partial charge in [0.15, 0.2) is 0 Å². The van der Waals surface area contributed by atoms with Gasteiger partial charge in [0.05, 0.1) is 6.61 Å². The van der Waals surface area contributed by atoms with Crippen LogP contribution in [0.25, 0.3) is 11.4 Å². The SMILES string of the molecule is CCOC(=O)CN(C(=O)Cn1nnc(-c2ccccc2)n1)c1ccccc1. The molecule has 27 heavy (non-hydrogen) atoms. The van der Waals surface area contributed by atoms with Crippen molar-refractivity contribution in [1.29, 1.82) is 0 Å². The number of ether oxygens (including phenoxy) is 1. The van der Waals surface area contributed by atoms with Gasteiger partial charge in [-0.1, -0.05) is 48.5 Å². The molecule has 0 atom stereocenters. The molecule has 8 heteroatoms. The largest absolute Gasteiger partial charge is 0.465 e. The van der Waals surface area contributed by atoms with Crippen molar-refractivity contribution >= 4 is 17.6 Å². The van der Waals surface area contributed by atoms with Gasteiger partial charge in [-0.2, -0.15) is 4.80 Å². The van der Waals surface area contributed by atoms with Gasteiger partial charge in [-0.05, 0) is 24.3 Å². The molecule has 8 nitrogen and oxygen atoms in total. The Kier molecular flexibility index (Phi) is 5.88. The number of anilines is 1. The summed E-state index contributed by atoms with van der Waals surface area (Å²) in [6.45, 7) is 1.64. The van der Waals surface area contributed by atoms with E-state index in [2.05, 4.69) is 15.4 Å². The van der Waals surface area contributed by atoms with Crippen LogP contribution in [0, 0.1) is 0 Å². The first kappa shape index (κ1) is 18.2. The quantitative estimate of drug-likeness (QED) is 0.594. The number of carbonyl (C=O) groups is 2. The Bertz CT molecular complexity index is 896. The van der Waals surface area contributed by atoms with E-state index in [0.29, 0.717) is 11.5 Å². The van der Waals surface area contributed by atoms with Gasteiger partial charge in [0, 0.05) is 11.3 Å². The zero-order chi connectivity index (χ0) is 19.1. The summed E-state index contributed by atoms with van der Waals surface area (Å²) >= 11 is 0. The summed E-state index contributed by atoms with van der Waals surface area (Å²) in [5.74, 6) is -0.391. The van der Waals surface area contributed by atoms with E-state index in [0.717, 1.165) is 5.56 Å². The third-order valence-corrected chi connectivity index (χ3v) is 3.72. The van der Waals surface area contributed by atoms with E-state index >= 15 is 0 Å². The number of carbonyl (C=O) groups excluding carboxylic acids is 2. The molecule has 0 N–H and O–H groups in total. The maximum atomic E-state index is 12.8. The topological polar surface area (TPSA) is 90.2 Å². The van der Waals surface area contributed by atoms with E-state index in [1.165, 1.54) is 9.70 Å². The lowest BCUT2D eigenvalue weighted by atomic mass is 10.2. The van der Waals surface area contributed by atoms with Crippen molar-refractivity contribution in [2.24, 2.45) is 0 Å². The number of rotatable bonds is 7. The van der Waals surface area contributed by atoms with E-state index in [9.17, 15) is 9.59 Å². The fraction of sp³-hybridized carbons (Fsp3) is 0.211. The monoisotopic (exact) mass is 365 g/mol. The molecule has 0 aliphatic rings. The molecular formula is C19H19N5O3. The molecule has 0 saturated carbocycles. The van der Waals surface area contributed by atoms with E-state index in [1.54, 1.807) is 31.2 Å². The predicted octanol–water partition coefficient (Wildman–Crippen LogP) is 1.94. The smallest absolute Gasteiger partial charge is 0.326 e. The van der Waals surface area contributed by atoms with Crippen LogP contribution in [0.2, 0.25) is 0 Å². The second-order valence-corrected chi connectivity index (χ2v) is 5.63. The number of hydrogen-bond donors (Lipinski definition) is 0. The molecule has 138 valence electrons. The number of hydrogen-bond acceptors (Lipinski definition) is 6. The minimum Gasteiger partial charge on any atom is -0.465 e. The number of para-hydroxylation sites is 1. The molecule has 0 spiro atoms. The summed E-state index contributed by atoms with van der Waals surface area (Å²) < 4.78 is 4.97. The van der Waals surface area contributed by atoms with Crippen LogP contribution >= 0.6 is 0 Å². The molecule has 2 aromatic carbocycles. The van der Waals surface area contributed by atoms with Crippen LogP contribution in [-0.2, 0) is 20.9 Å². The Morgan fingerprint density at radius 1 is 1.04 bits per heavy atom. The normalized spacial score (nSPS) is 10.4. The number of aromatic nitrogens is 4. The van der Waals surface area contributed by atoms with Crippen molar-refractivity contribution < 1.29 is 14.3 Å². The highest BCUT2D eigenvalue weighted by Gasteiger charge is 2.21. The van der Waals surface area contributed by atoms with Crippen molar-refractivity contribution in [3.63, 3.8) is 0 Å². The highest BCUT2D eigenvalue weighted by Crippen LogP contribution is 2.15. The summed E-state index contributed by atoms with van der Waals surface area (Å²) in [7, 11) is 0. The summed E-state index contributed by atoms with van der Waals surface area (Å²) in [5.41, 5.74) is 1.40. The minimum atomic E-state index is -0.480. The van der Waals surface area contributed by atoms with Gasteiger partial charge in [-0.15, -0.1) is 10.2 Å². The zero-order valence-electron chi connectivity index (χ0n) is 14.9. The Labute approximate surface area is 156 Å². The summed E-state index contributed by atoms with van der Waals surface area (Å²) in [4.78, 5) is 27.3. The maximum Gasteiger partial charge on any atom is 0.326 e. The Hall–Kier alpha value is -3.55. The average molecular weight is 365 g/mol. The number of nitrogens with zero attached hydrogens (tertiary/aromatic N) is 5. The highest BCUT2D eigenvalue weighted by atomic mass is 16.5. The fourth-order valence-electron chi connectivity index (χ4n) is 2.49. The average Bonchev–Trinajstić information content (AvgIpc) is 3.16. The molecule has 0 bridgehead atoms. The predicted molar refractivity (Wildman–Crippen MR) is 98.7 cm³/mol. The first-order valence-corrected chi connectivity index (χ1v) is 8.51. The van der Waals surface area contributed by atoms with E-state index in [-0.39, 0.29) is 25.6 Å². The van der Waals surface area contributed by atoms with Gasteiger partial charge in [0.25, 0.3) is 5.91 Å². The molecular weight excluding hydrogens is 346 g/mol. The zero-order valence-corrected chi connectivity index (χ0v) is 14.9. The van der Waals surface area contributed by atoms with Crippen molar-refractivity contribution in [3.8, 4) is 11.4 Å². The third-order valence-electron chi connectivity index (χ3n) is 3.72. The molecule has 1 heterocycles. The molecule has 1 aromatic heterocycles. The standard InChI is InChI=1S/C19H19N5O3/c1-2-27-18(26)14-23(16-11-7-4-8-12-16)17(25)13-24-21-19(20-22-24)15-9-5-3-6-10-15/h3-12H,2,13-14H2,1H3. The summed E-state index contributed by atoms with van der Waals surface area (Å²) in [6, 6.07) is 18.3. The lowest BCUT2D eigenvalue weighted by molar-refractivity contribution is -0.142. The van der Waals surface area contributed by atoms with E-state index in [4.69, 9.17) is 4.74 Å². The summed E-state index contributed by atoms with van der Waals surface area (Å²) in [6.07, 6.45) is 0. The number of benzene rings is 2. The Balaban J connectivity index is 1.76. The van der Waals surface area contributed by atoms with Gasteiger partial charge in [-0.25, -0.2) is 0 Å². The Morgan fingerprint density at radius 2 is 1.70 bits per heavy atom. The van der Waals surface area contributed by atoms with Crippen LogP contribution in [0.4, 0.5) is 5.69 Å². The van der Waals surface area contributed by atoms with E-state index in [1.807, 2.05) is 36.4 Å². The maximum absolute atomic E-state index is 12.8. The van der Waals surface area contributed by atoms with E-state index < -0.39 is 5.97 Å². The molecule has 3 rings (SSSR count). The van der Waals surface area contributed by atoms with Gasteiger partial charge >= 0.3 is 5.97 Å². The molecule has 0 aliphatic carbocycles. The minimum absolute atomic E-state index is 0.145. The van der Waals surface area contributed by atoms with Crippen LogP contribution in [0.5, 0.6) is 0 Å². The summed E-state index contributed by atoms with van der Waals surface area (Å²) in [5, 5.41) is 12.2. The molecule has 0 radical (unpaired) electrons. The second-order valence-electron chi connectivity index (χ2n) is 5.63.